The number of hydrogen-bond acceptors (Lipinski definition) is 3. The van der Waals surface area contributed by atoms with Gasteiger partial charge in [-0.05, 0) is 69.4 Å². The smallest absolute Gasteiger partial charge is 0.251 e. The average molecular weight is 501 g/mol. The molecule has 6 nitrogen and oxygen atoms in total. The van der Waals surface area contributed by atoms with Gasteiger partial charge in [0.25, 0.3) is 5.91 Å². The minimum atomic E-state index is -0.0665. The molecule has 0 bridgehead atoms. The van der Waals surface area contributed by atoms with Crippen LogP contribution in [0.25, 0.3) is 0 Å². The number of guanidine groups is 1. The maximum Gasteiger partial charge on any atom is 0.251 e. The molecule has 1 fully saturated rings. The van der Waals surface area contributed by atoms with Gasteiger partial charge in [-0.25, -0.2) is 4.99 Å². The largest absolute Gasteiger partial charge is 0.357 e. The van der Waals surface area contributed by atoms with Crippen LogP contribution in [-0.4, -0.2) is 56.5 Å². The van der Waals surface area contributed by atoms with Gasteiger partial charge in [-0.15, -0.1) is 24.0 Å². The molecule has 0 spiro atoms. The average Bonchev–Trinajstić information content (AvgIpc) is 2.70. The Hall–Kier alpha value is -1.35. The molecule has 28 heavy (non-hydrogen) atoms. The number of hydrogen-bond donors (Lipinski definition) is 3. The number of benzene rings is 1. The van der Waals surface area contributed by atoms with Crippen molar-refractivity contribution >= 4 is 35.8 Å². The van der Waals surface area contributed by atoms with Crippen LogP contribution in [-0.2, 0) is 6.54 Å². The molecule has 1 aliphatic rings. The molecule has 1 saturated heterocycles. The first kappa shape index (κ1) is 24.7. The summed E-state index contributed by atoms with van der Waals surface area (Å²) in [6.45, 7) is 10.4. The molecular weight excluding hydrogens is 465 g/mol. The quantitative estimate of drug-likeness (QED) is 0.222. The zero-order chi connectivity index (χ0) is 19.5. The summed E-state index contributed by atoms with van der Waals surface area (Å²) in [5.74, 6) is 1.67. The maximum atomic E-state index is 11.6. The highest BCUT2D eigenvalue weighted by atomic mass is 127. The number of piperidine rings is 1. The summed E-state index contributed by atoms with van der Waals surface area (Å²) in [6.07, 6.45) is 3.78. The first-order chi connectivity index (χ1) is 13.1. The molecular formula is C21H36IN5O. The molecule has 1 heterocycles. The second kappa shape index (κ2) is 13.8. The van der Waals surface area contributed by atoms with E-state index in [9.17, 15) is 4.79 Å². The second-order valence-corrected chi connectivity index (χ2v) is 7.28. The Labute approximate surface area is 187 Å². The van der Waals surface area contributed by atoms with Gasteiger partial charge in [0.05, 0.1) is 6.54 Å². The number of nitrogens with one attached hydrogen (secondary N) is 3. The lowest BCUT2D eigenvalue weighted by Crippen LogP contribution is -2.39. The SMILES string of the molecule is CCNC(=NCc1ccc(C(=O)NC)cc1)NCCCN1CCC(C)CC1.I. The molecule has 158 valence electrons. The third kappa shape index (κ3) is 8.77. The zero-order valence-electron chi connectivity index (χ0n) is 17.5. The van der Waals surface area contributed by atoms with Gasteiger partial charge in [0.15, 0.2) is 5.96 Å². The van der Waals surface area contributed by atoms with Crippen LogP contribution in [0.1, 0.15) is 49.0 Å². The van der Waals surface area contributed by atoms with Gasteiger partial charge in [0.2, 0.25) is 0 Å². The van der Waals surface area contributed by atoms with Crippen LogP contribution in [0.5, 0.6) is 0 Å². The number of likely N-dealkylation sites (tertiary alicyclic amines) is 1. The fourth-order valence-corrected chi connectivity index (χ4v) is 3.21. The molecule has 1 aromatic carbocycles. The Morgan fingerprint density at radius 2 is 1.86 bits per heavy atom. The van der Waals surface area contributed by atoms with Crippen molar-refractivity contribution in [3.8, 4) is 0 Å². The lowest BCUT2D eigenvalue weighted by molar-refractivity contribution is 0.0963. The van der Waals surface area contributed by atoms with Crippen molar-refractivity contribution in [1.29, 1.82) is 0 Å². The number of carbonyl (C=O) groups excluding carboxylic acids is 1. The predicted octanol–water partition coefficient (Wildman–Crippen LogP) is 2.84. The molecule has 0 aromatic heterocycles. The first-order valence-corrected chi connectivity index (χ1v) is 10.2. The predicted molar refractivity (Wildman–Crippen MR) is 128 cm³/mol. The maximum absolute atomic E-state index is 11.6. The number of aliphatic imine (C=N–C) groups is 1. The van der Waals surface area contributed by atoms with Crippen LogP contribution < -0.4 is 16.0 Å². The molecule has 0 unspecified atom stereocenters. The fraction of sp³-hybridized carbons (Fsp3) is 0.619. The van der Waals surface area contributed by atoms with Gasteiger partial charge in [0.1, 0.15) is 0 Å². The number of rotatable bonds is 8. The lowest BCUT2D eigenvalue weighted by atomic mass is 9.99. The van der Waals surface area contributed by atoms with E-state index in [0.717, 1.165) is 43.5 Å². The van der Waals surface area contributed by atoms with Crippen molar-refractivity contribution in [2.24, 2.45) is 10.9 Å². The molecule has 1 amide bonds. The molecule has 1 aromatic rings. The third-order valence-corrected chi connectivity index (χ3v) is 5.03. The van der Waals surface area contributed by atoms with Gasteiger partial charge in [-0.3, -0.25) is 4.79 Å². The van der Waals surface area contributed by atoms with Crippen LogP contribution in [0.2, 0.25) is 0 Å². The molecule has 0 saturated carbocycles. The van der Waals surface area contributed by atoms with Crippen molar-refractivity contribution < 1.29 is 4.79 Å². The van der Waals surface area contributed by atoms with Gasteiger partial charge < -0.3 is 20.9 Å². The highest BCUT2D eigenvalue weighted by Gasteiger charge is 2.14. The summed E-state index contributed by atoms with van der Waals surface area (Å²) in [7, 11) is 1.64. The highest BCUT2D eigenvalue weighted by molar-refractivity contribution is 14.0. The van der Waals surface area contributed by atoms with Crippen molar-refractivity contribution in [3.63, 3.8) is 0 Å². The second-order valence-electron chi connectivity index (χ2n) is 7.28. The van der Waals surface area contributed by atoms with E-state index in [-0.39, 0.29) is 29.9 Å². The highest BCUT2D eigenvalue weighted by Crippen LogP contribution is 2.15. The normalized spacial score (nSPS) is 15.6. The van der Waals surface area contributed by atoms with E-state index >= 15 is 0 Å². The van der Waals surface area contributed by atoms with E-state index in [1.165, 1.54) is 25.9 Å². The van der Waals surface area contributed by atoms with Gasteiger partial charge in [0, 0.05) is 25.7 Å². The van der Waals surface area contributed by atoms with Gasteiger partial charge in [-0.1, -0.05) is 19.1 Å². The van der Waals surface area contributed by atoms with Gasteiger partial charge in [-0.2, -0.15) is 0 Å². The van der Waals surface area contributed by atoms with E-state index in [4.69, 9.17) is 0 Å². The van der Waals surface area contributed by atoms with Crippen molar-refractivity contribution in [1.82, 2.24) is 20.9 Å². The Balaban J connectivity index is 0.00000392. The van der Waals surface area contributed by atoms with E-state index in [1.807, 2.05) is 24.3 Å². The molecule has 0 aliphatic carbocycles. The third-order valence-electron chi connectivity index (χ3n) is 5.03. The molecule has 0 radical (unpaired) electrons. The molecule has 3 N–H and O–H groups in total. The topological polar surface area (TPSA) is 68.8 Å². The standard InChI is InChI=1S/C21H35N5O.HI/c1-4-23-21(24-12-5-13-26-14-10-17(2)11-15-26)25-16-18-6-8-19(9-7-18)20(27)22-3;/h6-9,17H,4-5,10-16H2,1-3H3,(H,22,27)(H2,23,24,25);1H. The molecule has 2 rings (SSSR count). The zero-order valence-corrected chi connectivity index (χ0v) is 19.8. The van der Waals surface area contributed by atoms with E-state index in [2.05, 4.69) is 39.7 Å². The van der Waals surface area contributed by atoms with E-state index in [0.29, 0.717) is 12.1 Å². The van der Waals surface area contributed by atoms with Crippen molar-refractivity contribution in [3.05, 3.63) is 35.4 Å². The summed E-state index contributed by atoms with van der Waals surface area (Å²) in [4.78, 5) is 18.8. The van der Waals surface area contributed by atoms with E-state index in [1.54, 1.807) is 7.05 Å². The van der Waals surface area contributed by atoms with Crippen LogP contribution in [0.3, 0.4) is 0 Å². The number of carbonyl (C=O) groups is 1. The fourth-order valence-electron chi connectivity index (χ4n) is 3.21. The monoisotopic (exact) mass is 501 g/mol. The minimum Gasteiger partial charge on any atom is -0.357 e. The van der Waals surface area contributed by atoms with Gasteiger partial charge >= 0.3 is 0 Å². The Kier molecular flexibility index (Phi) is 12.1. The molecule has 7 heteroatoms. The minimum absolute atomic E-state index is 0. The first-order valence-electron chi connectivity index (χ1n) is 10.2. The Bertz CT molecular complexity index is 597. The Morgan fingerprint density at radius 3 is 2.46 bits per heavy atom. The number of nitrogens with zero attached hydrogens (tertiary/aromatic N) is 2. The molecule has 1 aliphatic heterocycles. The van der Waals surface area contributed by atoms with Crippen LogP contribution in [0.4, 0.5) is 0 Å². The van der Waals surface area contributed by atoms with Crippen molar-refractivity contribution in [2.45, 2.75) is 39.7 Å². The summed E-state index contributed by atoms with van der Waals surface area (Å²) in [5, 5.41) is 9.36. The summed E-state index contributed by atoms with van der Waals surface area (Å²) < 4.78 is 0. The Morgan fingerprint density at radius 1 is 1.18 bits per heavy atom. The van der Waals surface area contributed by atoms with Crippen LogP contribution in [0.15, 0.2) is 29.3 Å². The molecule has 0 atom stereocenters. The number of amides is 1. The van der Waals surface area contributed by atoms with E-state index < -0.39 is 0 Å². The number of halogens is 1. The van der Waals surface area contributed by atoms with Crippen molar-refractivity contribution in [2.75, 3.05) is 39.8 Å². The van der Waals surface area contributed by atoms with Crippen LogP contribution in [0, 0.1) is 5.92 Å². The summed E-state index contributed by atoms with van der Waals surface area (Å²) in [6, 6.07) is 7.58. The summed E-state index contributed by atoms with van der Waals surface area (Å²) >= 11 is 0. The lowest BCUT2D eigenvalue weighted by Gasteiger charge is -2.30. The van der Waals surface area contributed by atoms with Crippen LogP contribution >= 0.6 is 24.0 Å². The summed E-state index contributed by atoms with van der Waals surface area (Å²) in [5.41, 5.74) is 1.75.